The number of aromatic nitrogens is 3. The van der Waals surface area contributed by atoms with Crippen molar-refractivity contribution in [2.24, 2.45) is 0 Å². The Bertz CT molecular complexity index is 1470. The van der Waals surface area contributed by atoms with E-state index in [0.29, 0.717) is 37.6 Å². The second-order valence-electron chi connectivity index (χ2n) is 9.95. The van der Waals surface area contributed by atoms with Crippen molar-refractivity contribution in [2.75, 3.05) is 38.9 Å². The van der Waals surface area contributed by atoms with E-state index < -0.39 is 34.4 Å². The molecule has 5 rings (SSSR count). The van der Waals surface area contributed by atoms with Crippen molar-refractivity contribution in [3.8, 4) is 16.3 Å². The number of halogens is 2. The number of hydrogen-bond donors (Lipinski definition) is 1. The van der Waals surface area contributed by atoms with Crippen LogP contribution in [-0.4, -0.2) is 76.5 Å². The summed E-state index contributed by atoms with van der Waals surface area (Å²) in [5.74, 6) is -2.47. The Labute approximate surface area is 233 Å². The van der Waals surface area contributed by atoms with Gasteiger partial charge in [0.25, 0.3) is 5.91 Å². The Hall–Kier alpha value is -3.42. The first-order valence-electron chi connectivity index (χ1n) is 13.1. The van der Waals surface area contributed by atoms with Crippen LogP contribution >= 0.6 is 11.3 Å². The highest BCUT2D eigenvalue weighted by molar-refractivity contribution is 7.14. The highest BCUT2D eigenvalue weighted by Crippen LogP contribution is 2.41. The monoisotopic (exact) mass is 575 g/mol. The average Bonchev–Trinajstić information content (AvgIpc) is 3.40. The first-order valence-corrected chi connectivity index (χ1v) is 13.9. The molecule has 1 saturated carbocycles. The van der Waals surface area contributed by atoms with Gasteiger partial charge in [-0.25, -0.2) is 8.78 Å². The summed E-state index contributed by atoms with van der Waals surface area (Å²) in [6, 6.07) is 3.30. The van der Waals surface area contributed by atoms with E-state index >= 15 is 0 Å². The maximum absolute atomic E-state index is 14.2. The highest BCUT2D eigenvalue weighted by atomic mass is 32.1. The summed E-state index contributed by atoms with van der Waals surface area (Å²) >= 11 is 1.06. The number of methoxy groups -OCH3 is 1. The number of ether oxygens (including phenoxy) is 2. The minimum atomic E-state index is -0.745. The SMILES string of the molecule is CCN1C(=O)c2c(O)c(=O)c(-c3nnc(Cc4ccc(F)cc4F)s3)cn2N(C)C12CCC(OCCOC)CC2. The number of pyridine rings is 1. The number of rotatable bonds is 8. The summed E-state index contributed by atoms with van der Waals surface area (Å²) in [6.45, 7) is 3.28. The summed E-state index contributed by atoms with van der Waals surface area (Å²) in [5, 5.41) is 21.7. The molecule has 13 heteroatoms. The van der Waals surface area contributed by atoms with Crippen LogP contribution in [0.5, 0.6) is 5.75 Å². The van der Waals surface area contributed by atoms with Crippen LogP contribution in [0.25, 0.3) is 10.6 Å². The molecule has 2 aromatic heterocycles. The fourth-order valence-electron chi connectivity index (χ4n) is 5.68. The van der Waals surface area contributed by atoms with Crippen molar-refractivity contribution >= 4 is 17.2 Å². The molecule has 2 aliphatic rings. The van der Waals surface area contributed by atoms with Gasteiger partial charge in [0.1, 0.15) is 22.3 Å². The number of benzene rings is 1. The van der Waals surface area contributed by atoms with E-state index in [1.165, 1.54) is 16.9 Å². The van der Waals surface area contributed by atoms with Crippen LogP contribution in [0, 0.1) is 11.6 Å². The molecule has 1 aliphatic heterocycles. The third-order valence-corrected chi connectivity index (χ3v) is 8.74. The lowest BCUT2D eigenvalue weighted by atomic mass is 9.84. The molecule has 3 aromatic rings. The van der Waals surface area contributed by atoms with Gasteiger partial charge in [0.2, 0.25) is 5.43 Å². The Balaban J connectivity index is 1.47. The second-order valence-corrected chi connectivity index (χ2v) is 11.0. The summed E-state index contributed by atoms with van der Waals surface area (Å²) in [4.78, 5) is 28.6. The van der Waals surface area contributed by atoms with Gasteiger partial charge in [-0.05, 0) is 44.2 Å². The van der Waals surface area contributed by atoms with E-state index in [-0.39, 0.29) is 34.4 Å². The quantitative estimate of drug-likeness (QED) is 0.408. The molecule has 10 nitrogen and oxygen atoms in total. The van der Waals surface area contributed by atoms with Gasteiger partial charge in [0, 0.05) is 39.4 Å². The second kappa shape index (κ2) is 11.2. The largest absolute Gasteiger partial charge is 0.502 e. The van der Waals surface area contributed by atoms with Gasteiger partial charge in [-0.1, -0.05) is 17.4 Å². The molecular formula is C27H31F2N5O5S. The van der Waals surface area contributed by atoms with Crippen LogP contribution in [0.4, 0.5) is 8.78 Å². The molecule has 214 valence electrons. The summed E-state index contributed by atoms with van der Waals surface area (Å²) in [5.41, 5.74) is -1.22. The molecule has 0 atom stereocenters. The number of nitrogens with zero attached hydrogens (tertiary/aromatic N) is 5. The molecule has 3 heterocycles. The first-order chi connectivity index (χ1) is 19.2. The van der Waals surface area contributed by atoms with Crippen molar-refractivity contribution in [1.82, 2.24) is 19.8 Å². The van der Waals surface area contributed by atoms with E-state index in [0.717, 1.165) is 36.3 Å². The van der Waals surface area contributed by atoms with E-state index in [1.807, 2.05) is 19.0 Å². The summed E-state index contributed by atoms with van der Waals surface area (Å²) in [7, 11) is 3.46. The van der Waals surface area contributed by atoms with Gasteiger partial charge in [-0.2, -0.15) is 0 Å². The van der Waals surface area contributed by atoms with Crippen LogP contribution in [0.15, 0.2) is 29.2 Å². The molecule has 1 N–H and O–H groups in total. The smallest absolute Gasteiger partial charge is 0.278 e. The van der Waals surface area contributed by atoms with Gasteiger partial charge in [0.15, 0.2) is 16.5 Å². The van der Waals surface area contributed by atoms with Gasteiger partial charge in [-0.15, -0.1) is 10.2 Å². The third-order valence-electron chi connectivity index (χ3n) is 7.78. The molecule has 1 aliphatic carbocycles. The van der Waals surface area contributed by atoms with Gasteiger partial charge in [0.05, 0.1) is 24.9 Å². The Morgan fingerprint density at radius 2 is 1.93 bits per heavy atom. The topological polar surface area (TPSA) is 110 Å². The lowest BCUT2D eigenvalue weighted by Gasteiger charge is -2.56. The molecule has 0 unspecified atom stereocenters. The Morgan fingerprint density at radius 1 is 1.18 bits per heavy atom. The number of carbonyl (C=O) groups is 1. The number of hydrogen-bond acceptors (Lipinski definition) is 9. The van der Waals surface area contributed by atoms with E-state index in [1.54, 1.807) is 12.0 Å². The van der Waals surface area contributed by atoms with Crippen molar-refractivity contribution < 1.29 is 28.2 Å². The molecule has 0 radical (unpaired) electrons. The number of amides is 1. The zero-order valence-electron chi connectivity index (χ0n) is 22.5. The predicted octanol–water partition coefficient (Wildman–Crippen LogP) is 3.29. The van der Waals surface area contributed by atoms with Gasteiger partial charge >= 0.3 is 0 Å². The highest BCUT2D eigenvalue weighted by Gasteiger charge is 2.51. The van der Waals surface area contributed by atoms with Gasteiger partial charge < -0.3 is 19.5 Å². The van der Waals surface area contributed by atoms with E-state index in [9.17, 15) is 23.5 Å². The van der Waals surface area contributed by atoms with Crippen molar-refractivity contribution in [3.05, 3.63) is 62.5 Å². The minimum absolute atomic E-state index is 0.0492. The fourth-order valence-corrected chi connectivity index (χ4v) is 6.55. The number of aromatic hydroxyl groups is 1. The Morgan fingerprint density at radius 3 is 2.60 bits per heavy atom. The zero-order valence-corrected chi connectivity index (χ0v) is 23.3. The van der Waals surface area contributed by atoms with Crippen molar-refractivity contribution in [3.63, 3.8) is 0 Å². The van der Waals surface area contributed by atoms with Crippen LogP contribution < -0.4 is 10.4 Å². The average molecular weight is 576 g/mol. The predicted molar refractivity (Wildman–Crippen MR) is 144 cm³/mol. The molecule has 1 fully saturated rings. The molecule has 1 spiro atoms. The van der Waals surface area contributed by atoms with Crippen molar-refractivity contribution in [2.45, 2.75) is 50.8 Å². The molecule has 1 aromatic carbocycles. The van der Waals surface area contributed by atoms with Crippen molar-refractivity contribution in [1.29, 1.82) is 0 Å². The van der Waals surface area contributed by atoms with Crippen LogP contribution in [0.3, 0.4) is 0 Å². The standard InChI is InChI=1S/C27H31F2N5O5S/c1-4-33-26(37)22-24(36)23(35)19(25-31-30-21(40-25)13-16-5-6-17(28)14-20(16)29)15-34(22)32(2)27(33)9-7-18(8-10-27)39-12-11-38-3/h5-6,14-15,18,36H,4,7-13H2,1-3H3. The maximum atomic E-state index is 14.2. The lowest BCUT2D eigenvalue weighted by Crippen LogP contribution is -2.70. The molecular weight excluding hydrogens is 544 g/mol. The van der Waals surface area contributed by atoms with Crippen LogP contribution in [0.1, 0.15) is 53.7 Å². The normalized spacial score (nSPS) is 20.8. The zero-order chi connectivity index (χ0) is 28.6. The Kier molecular flexibility index (Phi) is 7.89. The van der Waals surface area contributed by atoms with Crippen LogP contribution in [-0.2, 0) is 15.9 Å². The molecule has 40 heavy (non-hydrogen) atoms. The molecule has 0 bridgehead atoms. The number of carbonyl (C=O) groups excluding carboxylic acids is 1. The number of fused-ring (bicyclic) bond motifs is 1. The maximum Gasteiger partial charge on any atom is 0.278 e. The van der Waals surface area contributed by atoms with Crippen LogP contribution in [0.2, 0.25) is 0 Å². The van der Waals surface area contributed by atoms with E-state index in [4.69, 9.17) is 9.47 Å². The molecule has 1 amide bonds. The first kappa shape index (κ1) is 28.1. The summed E-state index contributed by atoms with van der Waals surface area (Å²) < 4.78 is 40.0. The summed E-state index contributed by atoms with van der Waals surface area (Å²) in [6.07, 6.45) is 4.34. The lowest BCUT2D eigenvalue weighted by molar-refractivity contribution is -0.0440. The van der Waals surface area contributed by atoms with E-state index in [2.05, 4.69) is 10.2 Å². The third kappa shape index (κ3) is 4.86. The van der Waals surface area contributed by atoms with Gasteiger partial charge in [-0.3, -0.25) is 19.3 Å². The molecule has 0 saturated heterocycles. The minimum Gasteiger partial charge on any atom is -0.502 e. The fraction of sp³-hybridized carbons (Fsp3) is 0.481.